The summed E-state index contributed by atoms with van der Waals surface area (Å²) < 4.78 is 0. The van der Waals surface area contributed by atoms with Crippen molar-refractivity contribution in [2.45, 2.75) is 46.1 Å². The van der Waals surface area contributed by atoms with Gasteiger partial charge in [0.25, 0.3) is 0 Å². The van der Waals surface area contributed by atoms with E-state index in [9.17, 15) is 0 Å². The Hall–Kier alpha value is -0.0800. The molecule has 2 heteroatoms. The zero-order valence-electron chi connectivity index (χ0n) is 10.1. The molecule has 0 saturated carbocycles. The molecule has 1 aliphatic rings. The summed E-state index contributed by atoms with van der Waals surface area (Å²) >= 11 is 0. The van der Waals surface area contributed by atoms with Crippen molar-refractivity contribution in [3.8, 4) is 0 Å². The van der Waals surface area contributed by atoms with E-state index in [-0.39, 0.29) is 0 Å². The van der Waals surface area contributed by atoms with E-state index in [1.54, 1.807) is 0 Å². The molecule has 84 valence electrons. The quantitative estimate of drug-likeness (QED) is 0.747. The van der Waals surface area contributed by atoms with Gasteiger partial charge >= 0.3 is 0 Å². The fraction of sp³-hybridized carbons (Fsp3) is 1.00. The molecule has 1 heterocycles. The van der Waals surface area contributed by atoms with Gasteiger partial charge in [-0.05, 0) is 44.8 Å². The molecule has 0 aromatic heterocycles. The largest absolute Gasteiger partial charge is 0.314 e. The third kappa shape index (κ3) is 4.43. The van der Waals surface area contributed by atoms with Gasteiger partial charge in [-0.25, -0.2) is 0 Å². The van der Waals surface area contributed by atoms with Gasteiger partial charge < -0.3 is 10.2 Å². The first-order valence-corrected chi connectivity index (χ1v) is 6.18. The van der Waals surface area contributed by atoms with Crippen LogP contribution in [0.25, 0.3) is 0 Å². The van der Waals surface area contributed by atoms with Crippen LogP contribution in [0.4, 0.5) is 0 Å². The third-order valence-electron chi connectivity index (χ3n) is 2.99. The Morgan fingerprint density at radius 1 is 1.36 bits per heavy atom. The normalized spacial score (nSPS) is 26.1. The molecular weight excluding hydrogens is 172 g/mol. The van der Waals surface area contributed by atoms with Crippen LogP contribution in [0.2, 0.25) is 0 Å². The van der Waals surface area contributed by atoms with Crippen molar-refractivity contribution >= 4 is 0 Å². The maximum Gasteiger partial charge on any atom is 0.00766 e. The lowest BCUT2D eigenvalue weighted by Crippen LogP contribution is -2.40. The average molecular weight is 198 g/mol. The van der Waals surface area contributed by atoms with Crippen LogP contribution in [0.3, 0.4) is 0 Å². The first-order chi connectivity index (χ1) is 6.72. The van der Waals surface area contributed by atoms with Crippen molar-refractivity contribution in [1.29, 1.82) is 0 Å². The van der Waals surface area contributed by atoms with E-state index in [0.29, 0.717) is 0 Å². The lowest BCUT2D eigenvalue weighted by molar-refractivity contribution is 0.210. The molecule has 1 saturated heterocycles. The summed E-state index contributed by atoms with van der Waals surface area (Å²) in [7, 11) is 0. The van der Waals surface area contributed by atoms with Crippen LogP contribution >= 0.6 is 0 Å². The highest BCUT2D eigenvalue weighted by atomic mass is 15.1. The molecule has 1 aliphatic heterocycles. The second kappa shape index (κ2) is 6.41. The zero-order valence-corrected chi connectivity index (χ0v) is 10.1. The van der Waals surface area contributed by atoms with Crippen LogP contribution in [-0.4, -0.2) is 37.1 Å². The number of rotatable bonds is 3. The first-order valence-electron chi connectivity index (χ1n) is 6.18. The predicted octanol–water partition coefficient (Wildman–Crippen LogP) is 2.11. The molecule has 1 fully saturated rings. The van der Waals surface area contributed by atoms with Gasteiger partial charge in [-0.3, -0.25) is 0 Å². The van der Waals surface area contributed by atoms with E-state index >= 15 is 0 Å². The minimum atomic E-state index is 0.755. The van der Waals surface area contributed by atoms with Gasteiger partial charge in [0.15, 0.2) is 0 Å². The Bertz CT molecular complexity index is 145. The molecule has 0 aromatic carbocycles. The standard InChI is InChI=1S/C12H26N2/c1-4-12-6-9-14(10-11(2)3)8-5-7-13-12/h11-13H,4-10H2,1-3H3. The van der Waals surface area contributed by atoms with Gasteiger partial charge in [-0.15, -0.1) is 0 Å². The first kappa shape index (κ1) is 12.0. The van der Waals surface area contributed by atoms with Gasteiger partial charge in [0.05, 0.1) is 0 Å². The predicted molar refractivity (Wildman–Crippen MR) is 62.6 cm³/mol. The van der Waals surface area contributed by atoms with Crippen molar-refractivity contribution in [2.24, 2.45) is 5.92 Å². The lowest BCUT2D eigenvalue weighted by atomic mass is 10.1. The zero-order chi connectivity index (χ0) is 10.4. The van der Waals surface area contributed by atoms with Crippen LogP contribution in [-0.2, 0) is 0 Å². The summed E-state index contributed by atoms with van der Waals surface area (Å²) in [5.74, 6) is 0.808. The Morgan fingerprint density at radius 2 is 2.14 bits per heavy atom. The molecule has 14 heavy (non-hydrogen) atoms. The van der Waals surface area contributed by atoms with Crippen LogP contribution in [0.15, 0.2) is 0 Å². The van der Waals surface area contributed by atoms with E-state index in [1.807, 2.05) is 0 Å². The van der Waals surface area contributed by atoms with Crippen LogP contribution in [0.1, 0.15) is 40.0 Å². The number of hydrogen-bond acceptors (Lipinski definition) is 2. The fourth-order valence-electron chi connectivity index (χ4n) is 2.21. The number of nitrogens with one attached hydrogen (secondary N) is 1. The Labute approximate surface area is 89.1 Å². The second-order valence-corrected chi connectivity index (χ2v) is 4.90. The SMILES string of the molecule is CCC1CCN(CC(C)C)CCCN1. The van der Waals surface area contributed by atoms with Crippen molar-refractivity contribution in [3.63, 3.8) is 0 Å². The molecule has 1 N–H and O–H groups in total. The van der Waals surface area contributed by atoms with Crippen LogP contribution < -0.4 is 5.32 Å². The highest BCUT2D eigenvalue weighted by Gasteiger charge is 2.13. The summed E-state index contributed by atoms with van der Waals surface area (Å²) in [5, 5.41) is 3.62. The summed E-state index contributed by atoms with van der Waals surface area (Å²) in [6, 6.07) is 0.755. The van der Waals surface area contributed by atoms with Crippen molar-refractivity contribution in [1.82, 2.24) is 10.2 Å². The molecule has 0 bridgehead atoms. The summed E-state index contributed by atoms with van der Waals surface area (Å²) in [6.07, 6.45) is 3.90. The van der Waals surface area contributed by atoms with Gasteiger partial charge in [0, 0.05) is 12.6 Å². The van der Waals surface area contributed by atoms with Gasteiger partial charge in [0.2, 0.25) is 0 Å². The fourth-order valence-corrected chi connectivity index (χ4v) is 2.21. The Morgan fingerprint density at radius 3 is 2.79 bits per heavy atom. The molecule has 0 radical (unpaired) electrons. The third-order valence-corrected chi connectivity index (χ3v) is 2.99. The van der Waals surface area contributed by atoms with Gasteiger partial charge in [0.1, 0.15) is 0 Å². The van der Waals surface area contributed by atoms with E-state index in [0.717, 1.165) is 12.0 Å². The summed E-state index contributed by atoms with van der Waals surface area (Å²) in [5.41, 5.74) is 0. The van der Waals surface area contributed by atoms with Gasteiger partial charge in [-0.1, -0.05) is 20.8 Å². The lowest BCUT2D eigenvalue weighted by Gasteiger charge is -2.29. The van der Waals surface area contributed by atoms with E-state index in [4.69, 9.17) is 0 Å². The molecule has 1 atom stereocenters. The molecule has 0 amide bonds. The molecule has 1 unspecified atom stereocenters. The average Bonchev–Trinajstić information content (AvgIpc) is 2.10. The maximum absolute atomic E-state index is 3.62. The summed E-state index contributed by atoms with van der Waals surface area (Å²) in [4.78, 5) is 2.63. The van der Waals surface area contributed by atoms with Crippen LogP contribution in [0, 0.1) is 5.92 Å². The van der Waals surface area contributed by atoms with Crippen molar-refractivity contribution in [2.75, 3.05) is 26.2 Å². The van der Waals surface area contributed by atoms with Gasteiger partial charge in [-0.2, -0.15) is 0 Å². The second-order valence-electron chi connectivity index (χ2n) is 4.90. The molecule has 0 spiro atoms. The highest BCUT2D eigenvalue weighted by molar-refractivity contribution is 4.72. The number of nitrogens with zero attached hydrogens (tertiary/aromatic N) is 1. The molecule has 2 nitrogen and oxygen atoms in total. The van der Waals surface area contributed by atoms with Crippen LogP contribution in [0.5, 0.6) is 0 Å². The Kier molecular flexibility index (Phi) is 5.49. The summed E-state index contributed by atoms with van der Waals surface area (Å²) in [6.45, 7) is 11.9. The monoisotopic (exact) mass is 198 g/mol. The van der Waals surface area contributed by atoms with E-state index in [2.05, 4.69) is 31.0 Å². The topological polar surface area (TPSA) is 15.3 Å². The number of hydrogen-bond donors (Lipinski definition) is 1. The highest BCUT2D eigenvalue weighted by Crippen LogP contribution is 2.07. The van der Waals surface area contributed by atoms with E-state index in [1.165, 1.54) is 45.4 Å². The van der Waals surface area contributed by atoms with Crippen molar-refractivity contribution < 1.29 is 0 Å². The van der Waals surface area contributed by atoms with E-state index < -0.39 is 0 Å². The van der Waals surface area contributed by atoms with Crippen molar-refractivity contribution in [3.05, 3.63) is 0 Å². The minimum absolute atomic E-state index is 0.755. The molecule has 0 aromatic rings. The maximum atomic E-state index is 3.62. The Balaban J connectivity index is 2.30. The smallest absolute Gasteiger partial charge is 0.00766 e. The minimum Gasteiger partial charge on any atom is -0.314 e. The molecule has 0 aliphatic carbocycles. The molecular formula is C12H26N2. The molecule has 1 rings (SSSR count).